The molecule has 148 valence electrons. The fourth-order valence-corrected chi connectivity index (χ4v) is 4.14. The minimum Gasteiger partial charge on any atom is -0.423 e. The van der Waals surface area contributed by atoms with Crippen LogP contribution in [0.25, 0.3) is 11.0 Å². The molecule has 0 radical (unpaired) electrons. The van der Waals surface area contributed by atoms with Crippen molar-refractivity contribution >= 4 is 22.6 Å². The van der Waals surface area contributed by atoms with Crippen molar-refractivity contribution in [1.29, 1.82) is 0 Å². The Balaban J connectivity index is 1.32. The van der Waals surface area contributed by atoms with E-state index >= 15 is 0 Å². The van der Waals surface area contributed by atoms with E-state index < -0.39 is 5.63 Å². The number of benzene rings is 1. The van der Waals surface area contributed by atoms with Crippen LogP contribution in [0, 0.1) is 5.92 Å². The van der Waals surface area contributed by atoms with Crippen molar-refractivity contribution in [2.45, 2.75) is 38.0 Å². The molecular formula is C23H23N3O3. The zero-order valence-electron chi connectivity index (χ0n) is 16.2. The maximum absolute atomic E-state index is 13.0. The average Bonchev–Trinajstić information content (AvgIpc) is 3.60. The molecule has 0 spiro atoms. The molecule has 1 atom stereocenters. The summed E-state index contributed by atoms with van der Waals surface area (Å²) in [6.07, 6.45) is 5.93. The van der Waals surface area contributed by atoms with Gasteiger partial charge in [-0.3, -0.25) is 4.79 Å². The standard InChI is InChI=1S/C23H23N3O3/c27-20(11-18-10-16-4-1-2-6-21(16)29-23(18)28)17-5-3-9-26(13-17)22-12-19(15-7-8-15)24-14-25-22/h1-2,4,6,10,12,14-15,17H,3,5,7-9,11,13H2. The van der Waals surface area contributed by atoms with Crippen LogP contribution in [0.15, 0.2) is 51.9 Å². The first-order valence-corrected chi connectivity index (χ1v) is 10.3. The number of para-hydroxylation sites is 1. The first-order chi connectivity index (χ1) is 14.2. The first-order valence-electron chi connectivity index (χ1n) is 10.3. The van der Waals surface area contributed by atoms with E-state index in [1.54, 1.807) is 18.5 Å². The molecular weight excluding hydrogens is 366 g/mol. The smallest absolute Gasteiger partial charge is 0.339 e. The van der Waals surface area contributed by atoms with Gasteiger partial charge < -0.3 is 9.32 Å². The van der Waals surface area contributed by atoms with Gasteiger partial charge in [0.15, 0.2) is 0 Å². The van der Waals surface area contributed by atoms with Crippen molar-refractivity contribution in [3.8, 4) is 0 Å². The minimum absolute atomic E-state index is 0.0914. The van der Waals surface area contributed by atoms with Crippen LogP contribution in [0.5, 0.6) is 0 Å². The summed E-state index contributed by atoms with van der Waals surface area (Å²) in [5.74, 6) is 1.47. The van der Waals surface area contributed by atoms with E-state index in [9.17, 15) is 9.59 Å². The van der Waals surface area contributed by atoms with Gasteiger partial charge >= 0.3 is 5.63 Å². The number of fused-ring (bicyclic) bond motifs is 1. The van der Waals surface area contributed by atoms with Gasteiger partial charge in [0, 0.05) is 54.1 Å². The molecule has 1 saturated carbocycles. The molecule has 5 rings (SSSR count). The van der Waals surface area contributed by atoms with Crippen molar-refractivity contribution in [3.63, 3.8) is 0 Å². The van der Waals surface area contributed by atoms with Gasteiger partial charge in [-0.1, -0.05) is 18.2 Å². The Hall–Kier alpha value is -3.02. The van der Waals surface area contributed by atoms with Crippen LogP contribution < -0.4 is 10.5 Å². The number of hydrogen-bond acceptors (Lipinski definition) is 6. The molecule has 2 fully saturated rings. The summed E-state index contributed by atoms with van der Waals surface area (Å²) in [4.78, 5) is 36.3. The molecule has 2 aliphatic rings. The molecule has 3 heterocycles. The predicted molar refractivity (Wildman–Crippen MR) is 110 cm³/mol. The second-order valence-corrected chi connectivity index (χ2v) is 8.10. The fraction of sp³-hybridized carbons (Fsp3) is 0.391. The number of ketones is 1. The van der Waals surface area contributed by atoms with Crippen molar-refractivity contribution in [3.05, 3.63) is 64.4 Å². The molecule has 1 aliphatic carbocycles. The van der Waals surface area contributed by atoms with Gasteiger partial charge in [0.1, 0.15) is 23.5 Å². The number of carbonyl (C=O) groups is 1. The minimum atomic E-state index is -0.422. The number of hydrogen-bond donors (Lipinski definition) is 0. The topological polar surface area (TPSA) is 76.3 Å². The van der Waals surface area contributed by atoms with Crippen LogP contribution in [0.1, 0.15) is 42.9 Å². The Morgan fingerprint density at radius 1 is 1.14 bits per heavy atom. The van der Waals surface area contributed by atoms with Crippen molar-refractivity contribution in [2.75, 3.05) is 18.0 Å². The van der Waals surface area contributed by atoms with E-state index in [1.165, 1.54) is 12.8 Å². The number of Topliss-reactive ketones (excluding diaryl/α,β-unsaturated/α-hetero) is 1. The summed E-state index contributed by atoms with van der Waals surface area (Å²) in [5, 5.41) is 0.841. The van der Waals surface area contributed by atoms with Crippen LogP contribution in [0.2, 0.25) is 0 Å². The van der Waals surface area contributed by atoms with E-state index in [-0.39, 0.29) is 18.1 Å². The lowest BCUT2D eigenvalue weighted by Crippen LogP contribution is -2.40. The van der Waals surface area contributed by atoms with Crippen LogP contribution in [0.4, 0.5) is 5.82 Å². The zero-order chi connectivity index (χ0) is 19.8. The maximum Gasteiger partial charge on any atom is 0.339 e. The lowest BCUT2D eigenvalue weighted by atomic mass is 9.90. The molecule has 1 aliphatic heterocycles. The van der Waals surface area contributed by atoms with Crippen LogP contribution in [0.3, 0.4) is 0 Å². The Morgan fingerprint density at radius 2 is 2.00 bits per heavy atom. The number of piperidine rings is 1. The lowest BCUT2D eigenvalue weighted by molar-refractivity contribution is -0.122. The Bertz CT molecular complexity index is 1120. The Labute approximate surface area is 168 Å². The van der Waals surface area contributed by atoms with E-state index in [1.807, 2.05) is 18.2 Å². The maximum atomic E-state index is 13.0. The third-order valence-electron chi connectivity index (χ3n) is 5.95. The number of carbonyl (C=O) groups excluding carboxylic acids is 1. The number of nitrogens with zero attached hydrogens (tertiary/aromatic N) is 3. The third-order valence-corrected chi connectivity index (χ3v) is 5.95. The molecule has 6 heteroatoms. The average molecular weight is 389 g/mol. The molecule has 2 aromatic heterocycles. The van der Waals surface area contributed by atoms with Crippen LogP contribution in [-0.2, 0) is 11.2 Å². The fourth-order valence-electron chi connectivity index (χ4n) is 4.14. The SMILES string of the molecule is O=C(Cc1cc2ccccc2oc1=O)C1CCCN(c2cc(C3CC3)ncn2)C1. The number of rotatable bonds is 5. The summed E-state index contributed by atoms with van der Waals surface area (Å²) in [5.41, 5.74) is 1.67. The molecule has 3 aromatic rings. The van der Waals surface area contributed by atoms with E-state index in [0.717, 1.165) is 36.3 Å². The highest BCUT2D eigenvalue weighted by Crippen LogP contribution is 2.39. The number of aromatic nitrogens is 2. The normalized spacial score (nSPS) is 19.4. The molecule has 1 saturated heterocycles. The lowest BCUT2D eigenvalue weighted by Gasteiger charge is -2.33. The quantitative estimate of drug-likeness (QED) is 0.622. The van der Waals surface area contributed by atoms with Gasteiger partial charge in [-0.15, -0.1) is 0 Å². The second-order valence-electron chi connectivity index (χ2n) is 8.10. The van der Waals surface area contributed by atoms with Crippen molar-refractivity contribution in [1.82, 2.24) is 9.97 Å². The second kappa shape index (κ2) is 7.43. The molecule has 1 aromatic carbocycles. The third kappa shape index (κ3) is 3.79. The predicted octanol–water partition coefficient (Wildman–Crippen LogP) is 3.49. The van der Waals surface area contributed by atoms with Gasteiger partial charge in [0.2, 0.25) is 0 Å². The molecule has 0 amide bonds. The molecule has 0 N–H and O–H groups in total. The van der Waals surface area contributed by atoms with E-state index in [4.69, 9.17) is 4.42 Å². The van der Waals surface area contributed by atoms with E-state index in [2.05, 4.69) is 20.9 Å². The summed E-state index contributed by atoms with van der Waals surface area (Å²) >= 11 is 0. The van der Waals surface area contributed by atoms with Crippen molar-refractivity contribution < 1.29 is 9.21 Å². The Morgan fingerprint density at radius 3 is 2.86 bits per heavy atom. The molecule has 6 nitrogen and oxygen atoms in total. The molecule has 1 unspecified atom stereocenters. The van der Waals surface area contributed by atoms with E-state index in [0.29, 0.717) is 23.6 Å². The highest BCUT2D eigenvalue weighted by atomic mass is 16.4. The summed E-state index contributed by atoms with van der Waals surface area (Å²) in [6.45, 7) is 1.53. The van der Waals surface area contributed by atoms with Crippen LogP contribution in [-0.4, -0.2) is 28.8 Å². The van der Waals surface area contributed by atoms with Gasteiger partial charge in [0.05, 0.1) is 0 Å². The molecule has 0 bridgehead atoms. The number of anilines is 1. The van der Waals surface area contributed by atoms with Crippen LogP contribution >= 0.6 is 0 Å². The monoisotopic (exact) mass is 389 g/mol. The summed E-state index contributed by atoms with van der Waals surface area (Å²) in [7, 11) is 0. The summed E-state index contributed by atoms with van der Waals surface area (Å²) < 4.78 is 5.38. The van der Waals surface area contributed by atoms with Gasteiger partial charge in [0.25, 0.3) is 0 Å². The van der Waals surface area contributed by atoms with Gasteiger partial charge in [-0.2, -0.15) is 0 Å². The summed E-state index contributed by atoms with van der Waals surface area (Å²) in [6, 6.07) is 11.2. The molecule has 29 heavy (non-hydrogen) atoms. The Kier molecular flexibility index (Phi) is 4.62. The van der Waals surface area contributed by atoms with Crippen molar-refractivity contribution in [2.24, 2.45) is 5.92 Å². The largest absolute Gasteiger partial charge is 0.423 e. The first kappa shape index (κ1) is 18.0. The van der Waals surface area contributed by atoms with Gasteiger partial charge in [-0.25, -0.2) is 14.8 Å². The highest BCUT2D eigenvalue weighted by Gasteiger charge is 2.29. The highest BCUT2D eigenvalue weighted by molar-refractivity contribution is 5.85. The zero-order valence-corrected chi connectivity index (χ0v) is 16.2. The van der Waals surface area contributed by atoms with Gasteiger partial charge in [-0.05, 0) is 37.8 Å².